The van der Waals surface area contributed by atoms with Crippen LogP contribution in [0.3, 0.4) is 0 Å². The zero-order chi connectivity index (χ0) is 15.4. The lowest BCUT2D eigenvalue weighted by Crippen LogP contribution is -2.52. The number of carbonyl (C=O) groups is 2. The third kappa shape index (κ3) is 4.77. The Kier molecular flexibility index (Phi) is 5.92. The molecule has 112 valence electrons. The standard InChI is InChI=1S/C12H23NO6/c1-11(2,8(16)10(18)19)5-13-9(17)7(15)12(3,4)6-14/h7-8,14-16H,5-6H2,1-4H3,(H,13,17)(H,18,19)/p-1. The molecule has 0 aromatic heterocycles. The molecule has 2 atom stereocenters. The van der Waals surface area contributed by atoms with Crippen LogP contribution in [0, 0.1) is 10.8 Å². The minimum absolute atomic E-state index is 0.153. The van der Waals surface area contributed by atoms with E-state index in [1.165, 1.54) is 27.7 Å². The molecule has 0 aliphatic rings. The van der Waals surface area contributed by atoms with Gasteiger partial charge in [0.1, 0.15) is 12.2 Å². The largest absolute Gasteiger partial charge is 0.547 e. The molecule has 0 aliphatic heterocycles. The van der Waals surface area contributed by atoms with Crippen LogP contribution in [0.25, 0.3) is 0 Å². The normalized spacial score (nSPS) is 15.7. The molecule has 4 N–H and O–H groups in total. The first-order valence-corrected chi connectivity index (χ1v) is 5.91. The quantitative estimate of drug-likeness (QED) is 0.411. The molecule has 0 aliphatic carbocycles. The molecule has 0 fully saturated rings. The summed E-state index contributed by atoms with van der Waals surface area (Å²) >= 11 is 0. The highest BCUT2D eigenvalue weighted by molar-refractivity contribution is 5.81. The number of hydrogen-bond acceptors (Lipinski definition) is 6. The van der Waals surface area contributed by atoms with Gasteiger partial charge in [0.25, 0.3) is 0 Å². The maximum absolute atomic E-state index is 11.7. The summed E-state index contributed by atoms with van der Waals surface area (Å²) < 4.78 is 0. The number of carbonyl (C=O) groups excluding carboxylic acids is 2. The smallest absolute Gasteiger partial charge is 0.249 e. The van der Waals surface area contributed by atoms with E-state index in [9.17, 15) is 24.9 Å². The zero-order valence-corrected chi connectivity index (χ0v) is 11.6. The highest BCUT2D eigenvalue weighted by Gasteiger charge is 2.35. The first-order valence-electron chi connectivity index (χ1n) is 5.91. The second-order valence-electron chi connectivity index (χ2n) is 5.98. The molecule has 0 aromatic carbocycles. The zero-order valence-electron chi connectivity index (χ0n) is 11.6. The van der Waals surface area contributed by atoms with E-state index in [4.69, 9.17) is 5.11 Å². The monoisotopic (exact) mass is 276 g/mol. The highest BCUT2D eigenvalue weighted by atomic mass is 16.4. The van der Waals surface area contributed by atoms with Gasteiger partial charge >= 0.3 is 0 Å². The van der Waals surface area contributed by atoms with Crippen molar-refractivity contribution in [3.05, 3.63) is 0 Å². The summed E-state index contributed by atoms with van der Waals surface area (Å²) in [5.41, 5.74) is -2.15. The van der Waals surface area contributed by atoms with Gasteiger partial charge in [0, 0.05) is 17.4 Å². The molecule has 19 heavy (non-hydrogen) atoms. The maximum atomic E-state index is 11.7. The molecule has 0 rings (SSSR count). The SMILES string of the molecule is CC(C)(CNC(=O)C(O)C(C)(C)CO)C(O)C(=O)[O-]. The number of carboxylic acid groups (broad SMARTS) is 1. The average molecular weight is 276 g/mol. The van der Waals surface area contributed by atoms with Crippen molar-refractivity contribution in [3.8, 4) is 0 Å². The molecule has 7 nitrogen and oxygen atoms in total. The Bertz CT molecular complexity index is 339. The van der Waals surface area contributed by atoms with Crippen LogP contribution in [0.2, 0.25) is 0 Å². The second-order valence-corrected chi connectivity index (χ2v) is 5.98. The molecule has 2 unspecified atom stereocenters. The molecule has 0 heterocycles. The number of nitrogens with one attached hydrogen (secondary N) is 1. The molecule has 0 aromatic rings. The van der Waals surface area contributed by atoms with Crippen LogP contribution in [0.15, 0.2) is 0 Å². The molecule has 0 radical (unpaired) electrons. The van der Waals surface area contributed by atoms with Crippen LogP contribution in [-0.2, 0) is 9.59 Å². The van der Waals surface area contributed by atoms with Gasteiger partial charge in [-0.3, -0.25) is 4.79 Å². The van der Waals surface area contributed by atoms with E-state index in [1.807, 2.05) is 0 Å². The minimum atomic E-state index is -1.74. The van der Waals surface area contributed by atoms with Gasteiger partial charge in [-0.25, -0.2) is 0 Å². The summed E-state index contributed by atoms with van der Waals surface area (Å²) in [5, 5.41) is 41.1. The van der Waals surface area contributed by atoms with Gasteiger partial charge in [0.2, 0.25) is 5.91 Å². The molecule has 7 heteroatoms. The van der Waals surface area contributed by atoms with Gasteiger partial charge in [-0.2, -0.15) is 0 Å². The Hall–Kier alpha value is -1.18. The fourth-order valence-corrected chi connectivity index (χ4v) is 1.27. The number of amides is 1. The second kappa shape index (κ2) is 6.31. The maximum Gasteiger partial charge on any atom is 0.249 e. The fraction of sp³-hybridized carbons (Fsp3) is 0.833. The molecule has 0 saturated heterocycles. The topological polar surface area (TPSA) is 130 Å². The van der Waals surface area contributed by atoms with Crippen LogP contribution in [0.5, 0.6) is 0 Å². The number of aliphatic hydroxyl groups is 3. The number of carboxylic acids is 1. The molecule has 0 bridgehead atoms. The van der Waals surface area contributed by atoms with Crippen LogP contribution in [0.4, 0.5) is 0 Å². The van der Waals surface area contributed by atoms with Gasteiger partial charge < -0.3 is 30.5 Å². The summed E-state index contributed by atoms with van der Waals surface area (Å²) in [7, 11) is 0. The lowest BCUT2D eigenvalue weighted by Gasteiger charge is -2.33. The number of hydrogen-bond donors (Lipinski definition) is 4. The summed E-state index contributed by atoms with van der Waals surface area (Å²) in [6, 6.07) is 0. The van der Waals surface area contributed by atoms with Crippen molar-refractivity contribution in [3.63, 3.8) is 0 Å². The third-order valence-corrected chi connectivity index (χ3v) is 3.08. The van der Waals surface area contributed by atoms with Crippen molar-refractivity contribution in [2.75, 3.05) is 13.2 Å². The Morgan fingerprint density at radius 2 is 1.58 bits per heavy atom. The lowest BCUT2D eigenvalue weighted by molar-refractivity contribution is -0.319. The Morgan fingerprint density at radius 3 is 1.95 bits per heavy atom. The van der Waals surface area contributed by atoms with E-state index in [1.54, 1.807) is 0 Å². The Morgan fingerprint density at radius 1 is 1.11 bits per heavy atom. The van der Waals surface area contributed by atoms with Crippen molar-refractivity contribution in [2.45, 2.75) is 39.9 Å². The van der Waals surface area contributed by atoms with E-state index in [-0.39, 0.29) is 13.2 Å². The van der Waals surface area contributed by atoms with E-state index in [0.717, 1.165) is 0 Å². The van der Waals surface area contributed by atoms with Crippen molar-refractivity contribution >= 4 is 11.9 Å². The van der Waals surface area contributed by atoms with E-state index in [2.05, 4.69) is 5.32 Å². The predicted molar refractivity (Wildman–Crippen MR) is 64.7 cm³/mol. The summed E-state index contributed by atoms with van der Waals surface area (Å²) in [4.78, 5) is 22.2. The summed E-state index contributed by atoms with van der Waals surface area (Å²) in [5.74, 6) is -2.37. The van der Waals surface area contributed by atoms with Gasteiger partial charge in [-0.05, 0) is 0 Å². The van der Waals surface area contributed by atoms with E-state index in [0.29, 0.717) is 0 Å². The van der Waals surface area contributed by atoms with Crippen LogP contribution >= 0.6 is 0 Å². The molecule has 0 spiro atoms. The van der Waals surface area contributed by atoms with Crippen LogP contribution in [-0.4, -0.2) is 52.6 Å². The van der Waals surface area contributed by atoms with Crippen molar-refractivity contribution in [1.82, 2.24) is 5.32 Å². The molecule has 1 amide bonds. The van der Waals surface area contributed by atoms with Gasteiger partial charge in [-0.15, -0.1) is 0 Å². The van der Waals surface area contributed by atoms with Gasteiger partial charge in [0.05, 0.1) is 12.6 Å². The van der Waals surface area contributed by atoms with Crippen LogP contribution in [0.1, 0.15) is 27.7 Å². The summed E-state index contributed by atoms with van der Waals surface area (Å²) in [6.07, 6.45) is -3.18. The van der Waals surface area contributed by atoms with Gasteiger partial charge in [0.15, 0.2) is 0 Å². The van der Waals surface area contributed by atoms with Crippen molar-refractivity contribution in [2.24, 2.45) is 10.8 Å². The van der Waals surface area contributed by atoms with Crippen LogP contribution < -0.4 is 10.4 Å². The highest BCUT2D eigenvalue weighted by Crippen LogP contribution is 2.22. The fourth-order valence-electron chi connectivity index (χ4n) is 1.27. The third-order valence-electron chi connectivity index (χ3n) is 3.08. The lowest BCUT2D eigenvalue weighted by atomic mass is 9.85. The molecular weight excluding hydrogens is 254 g/mol. The Balaban J connectivity index is 4.57. The Labute approximate surface area is 112 Å². The number of rotatable bonds is 7. The van der Waals surface area contributed by atoms with E-state index < -0.39 is 34.9 Å². The number of aliphatic hydroxyl groups excluding tert-OH is 3. The van der Waals surface area contributed by atoms with E-state index >= 15 is 0 Å². The predicted octanol–water partition coefficient (Wildman–Crippen LogP) is -2.38. The number of aliphatic carboxylic acids is 1. The molecule has 0 saturated carbocycles. The van der Waals surface area contributed by atoms with Crippen molar-refractivity contribution < 1.29 is 30.0 Å². The first-order chi connectivity index (χ1) is 8.45. The molecular formula is C12H22NO6-. The summed E-state index contributed by atoms with van der Waals surface area (Å²) in [6.45, 7) is 5.37. The average Bonchev–Trinajstić information content (AvgIpc) is 2.33. The van der Waals surface area contributed by atoms with Crippen molar-refractivity contribution in [1.29, 1.82) is 0 Å². The first kappa shape index (κ1) is 17.8. The van der Waals surface area contributed by atoms with Gasteiger partial charge in [-0.1, -0.05) is 27.7 Å². The minimum Gasteiger partial charge on any atom is -0.547 e.